The van der Waals surface area contributed by atoms with Crippen LogP contribution in [0.25, 0.3) is 0 Å². The molecule has 0 fully saturated rings. The summed E-state index contributed by atoms with van der Waals surface area (Å²) in [5, 5.41) is 18.5. The third-order valence-electron chi connectivity index (χ3n) is 1.66. The van der Waals surface area contributed by atoms with E-state index in [1.54, 1.807) is 0 Å². The molecule has 0 aliphatic carbocycles. The van der Waals surface area contributed by atoms with Crippen LogP contribution in [0, 0.1) is 0 Å². The van der Waals surface area contributed by atoms with Crippen molar-refractivity contribution in [3.05, 3.63) is 35.3 Å². The fraction of sp³-hybridized carbons (Fsp3) is 0.333. The van der Waals surface area contributed by atoms with Gasteiger partial charge in [0.1, 0.15) is 6.61 Å². The molecule has 0 aliphatic heterocycles. The minimum absolute atomic E-state index is 0.451. The average Bonchev–Trinajstić information content (AvgIpc) is 2.36. The molecule has 0 unspecified atom stereocenters. The van der Waals surface area contributed by atoms with Crippen LogP contribution >= 0.6 is 0 Å². The van der Waals surface area contributed by atoms with Gasteiger partial charge in [0.05, 0.1) is 22.2 Å². The molecule has 0 atom stereocenters. The van der Waals surface area contributed by atoms with Crippen LogP contribution in [0.4, 0.5) is 0 Å². The van der Waals surface area contributed by atoms with E-state index in [9.17, 15) is 14.7 Å². The van der Waals surface area contributed by atoms with Crippen LogP contribution < -0.4 is 0 Å². The molecule has 92 valence electrons. The lowest BCUT2D eigenvalue weighted by Crippen LogP contribution is -2.28. The fourth-order valence-electron chi connectivity index (χ4n) is 0.940. The largest absolute Gasteiger partial charge is 0.478 e. The number of aliphatic hydroxyl groups is 1. The molecule has 1 aromatic rings. The maximum atomic E-state index is 11.9. The van der Waals surface area contributed by atoms with Crippen LogP contribution in [-0.2, 0) is 4.74 Å². The molecular formula is C12H14O5. The van der Waals surface area contributed by atoms with Crippen LogP contribution in [0.2, 0.25) is 0 Å². The average molecular weight is 242 g/mol. The van der Waals surface area contributed by atoms with Gasteiger partial charge in [-0.2, -0.15) is 0 Å². The Balaban J connectivity index is 3.41. The highest BCUT2D eigenvalue weighted by Gasteiger charge is 2.20. The summed E-state index contributed by atoms with van der Waals surface area (Å²) in [6.45, 7) is 2.27. The summed E-state index contributed by atoms with van der Waals surface area (Å²) in [6.07, 6.45) is 0. The molecule has 0 heterocycles. The number of carboxylic acids is 1. The third-order valence-corrected chi connectivity index (χ3v) is 1.66. The van der Waals surface area contributed by atoms with Gasteiger partial charge in [-0.05, 0) is 25.9 Å². The maximum Gasteiger partial charge on any atom is 0.339 e. The zero-order valence-corrected chi connectivity index (χ0v) is 9.33. The van der Waals surface area contributed by atoms with Crippen molar-refractivity contribution in [1.29, 1.82) is 0 Å². The highest BCUT2D eigenvalue weighted by Crippen LogP contribution is 2.11. The van der Waals surface area contributed by atoms with Gasteiger partial charge in [0.15, 0.2) is 0 Å². The Morgan fingerprint density at radius 3 is 2.35 bits per heavy atom. The van der Waals surface area contributed by atoms with Crippen molar-refractivity contribution in [1.82, 2.24) is 0 Å². The fourth-order valence-corrected chi connectivity index (χ4v) is 0.940. The summed E-state index contributed by atoms with van der Waals surface area (Å²) < 4.78 is 34.7. The van der Waals surface area contributed by atoms with Gasteiger partial charge in [-0.15, -0.1) is 0 Å². The van der Waals surface area contributed by atoms with Gasteiger partial charge >= 0.3 is 11.9 Å². The Labute approximate surface area is 104 Å². The zero-order valence-electron chi connectivity index (χ0n) is 13.3. The smallest absolute Gasteiger partial charge is 0.339 e. The topological polar surface area (TPSA) is 83.8 Å². The van der Waals surface area contributed by atoms with E-state index in [1.165, 1.54) is 13.8 Å². The van der Waals surface area contributed by atoms with Crippen molar-refractivity contribution >= 4 is 11.9 Å². The molecule has 0 aromatic heterocycles. The van der Waals surface area contributed by atoms with Crippen molar-refractivity contribution in [2.75, 3.05) is 6.61 Å². The van der Waals surface area contributed by atoms with Crippen molar-refractivity contribution in [3.63, 3.8) is 0 Å². The lowest BCUT2D eigenvalue weighted by Gasteiger charge is -2.17. The van der Waals surface area contributed by atoms with Crippen LogP contribution in [0.1, 0.15) is 40.0 Å². The van der Waals surface area contributed by atoms with Gasteiger partial charge in [0, 0.05) is 0 Å². The molecule has 1 aromatic carbocycles. The molecule has 2 N–H and O–H groups in total. The molecule has 0 bridgehead atoms. The first kappa shape index (κ1) is 8.25. The van der Waals surface area contributed by atoms with E-state index in [0.29, 0.717) is 0 Å². The molecule has 0 saturated carbocycles. The number of carbonyl (C=O) groups excluding carboxylic acids is 1. The van der Waals surface area contributed by atoms with Gasteiger partial charge in [-0.25, -0.2) is 9.59 Å². The van der Waals surface area contributed by atoms with Crippen LogP contribution in [0.15, 0.2) is 24.2 Å². The van der Waals surface area contributed by atoms with Gasteiger partial charge in [0.25, 0.3) is 0 Å². The molecule has 17 heavy (non-hydrogen) atoms. The summed E-state index contributed by atoms with van der Waals surface area (Å²) in [4.78, 5) is 23.1. The number of carboxylic acid groups (broad SMARTS) is 1. The maximum absolute atomic E-state index is 11.9. The number of hydrogen-bond donors (Lipinski definition) is 2. The van der Waals surface area contributed by atoms with Gasteiger partial charge < -0.3 is 14.9 Å². The number of hydrogen-bond acceptors (Lipinski definition) is 4. The summed E-state index contributed by atoms with van der Waals surface area (Å²) in [5.74, 6) is -2.90. The molecule has 5 nitrogen and oxygen atoms in total. The predicted molar refractivity (Wildman–Crippen MR) is 60.0 cm³/mol. The lowest BCUT2D eigenvalue weighted by molar-refractivity contribution is -0.0101. The molecular weight excluding hydrogens is 224 g/mol. The number of benzene rings is 1. The molecule has 0 saturated heterocycles. The monoisotopic (exact) mass is 242 g/mol. The summed E-state index contributed by atoms with van der Waals surface area (Å²) >= 11 is 0. The van der Waals surface area contributed by atoms with Crippen LogP contribution in [0.3, 0.4) is 0 Å². The quantitative estimate of drug-likeness (QED) is 0.778. The van der Waals surface area contributed by atoms with Gasteiger partial charge in [-0.3, -0.25) is 0 Å². The van der Waals surface area contributed by atoms with E-state index in [0.717, 1.165) is 0 Å². The van der Waals surface area contributed by atoms with Gasteiger partial charge in [0.2, 0.25) is 0 Å². The first-order chi connectivity index (χ1) is 9.47. The summed E-state index contributed by atoms with van der Waals surface area (Å²) in [5.41, 5.74) is -2.98. The predicted octanol–water partition coefficient (Wildman–Crippen LogP) is 1.31. The minimum Gasteiger partial charge on any atom is -0.478 e. The molecule has 5 heteroatoms. The second-order valence-corrected chi connectivity index (χ2v) is 3.94. The highest BCUT2D eigenvalue weighted by atomic mass is 16.5. The number of ether oxygens (including phenoxy) is 1. The first-order valence-corrected chi connectivity index (χ1v) is 4.70. The van der Waals surface area contributed by atoms with Crippen molar-refractivity contribution < 1.29 is 30.0 Å². The van der Waals surface area contributed by atoms with Crippen LogP contribution in [0.5, 0.6) is 0 Å². The van der Waals surface area contributed by atoms with E-state index in [2.05, 4.69) is 0 Å². The Bertz CT molecular complexity index is 607. The van der Waals surface area contributed by atoms with Crippen molar-refractivity contribution in [3.8, 4) is 0 Å². The molecule has 0 amide bonds. The number of rotatable bonds is 4. The zero-order chi connectivity index (χ0) is 16.5. The Kier molecular flexibility index (Phi) is 2.41. The Morgan fingerprint density at radius 2 is 1.88 bits per heavy atom. The number of carbonyl (C=O) groups is 2. The van der Waals surface area contributed by atoms with Crippen molar-refractivity contribution in [2.45, 2.75) is 19.4 Å². The van der Waals surface area contributed by atoms with E-state index in [-0.39, 0.29) is 0 Å². The third kappa shape index (κ3) is 3.88. The lowest BCUT2D eigenvalue weighted by atomic mass is 10.1. The standard InChI is InChI=1S/C12H14O5/c1-12(2,16)7-17-11(15)9-6-4-3-5-8(9)10(13)14/h3-6,16H,7H2,1-2H3,(H,13,14)/i3D,4D,5D,6D. The summed E-state index contributed by atoms with van der Waals surface area (Å²) in [7, 11) is 0. The molecule has 0 spiro atoms. The van der Waals surface area contributed by atoms with E-state index in [4.69, 9.17) is 15.3 Å². The Morgan fingerprint density at radius 1 is 1.35 bits per heavy atom. The van der Waals surface area contributed by atoms with E-state index >= 15 is 0 Å². The van der Waals surface area contributed by atoms with Crippen molar-refractivity contribution in [2.24, 2.45) is 0 Å². The van der Waals surface area contributed by atoms with E-state index in [1.807, 2.05) is 0 Å². The number of aromatic carboxylic acids is 1. The minimum atomic E-state index is -1.67. The van der Waals surface area contributed by atoms with Gasteiger partial charge in [-0.1, -0.05) is 12.1 Å². The second-order valence-electron chi connectivity index (χ2n) is 3.94. The molecule has 0 radical (unpaired) electrons. The van der Waals surface area contributed by atoms with Crippen LogP contribution in [-0.4, -0.2) is 34.4 Å². The molecule has 0 aliphatic rings. The Hall–Kier alpha value is -1.88. The normalized spacial score (nSPS) is 14.3. The first-order valence-electron chi connectivity index (χ1n) is 6.70. The highest BCUT2D eigenvalue weighted by molar-refractivity contribution is 6.02. The molecule has 1 rings (SSSR count). The SMILES string of the molecule is [2H]c1c([2H])c([2H])c(C(=O)OCC(C)(C)O)c(C(=O)O)c1[2H]. The second kappa shape index (κ2) is 4.97. The number of esters is 1. The summed E-state index contributed by atoms with van der Waals surface area (Å²) in [6, 6.07) is -3.12. The van der Waals surface area contributed by atoms with E-state index < -0.39 is 59.4 Å².